The van der Waals surface area contributed by atoms with Crippen molar-refractivity contribution < 1.29 is 9.47 Å². The third kappa shape index (κ3) is 5.58. The van der Waals surface area contributed by atoms with Gasteiger partial charge in [0.25, 0.3) is 0 Å². The van der Waals surface area contributed by atoms with Gasteiger partial charge in [-0.1, -0.05) is 6.92 Å². The lowest BCUT2D eigenvalue weighted by atomic mass is 10.3. The van der Waals surface area contributed by atoms with Gasteiger partial charge in [0, 0.05) is 19.2 Å². The van der Waals surface area contributed by atoms with E-state index in [0.29, 0.717) is 6.10 Å². The van der Waals surface area contributed by atoms with E-state index in [0.717, 1.165) is 38.8 Å². The molecular formula is C11H23NO2. The zero-order valence-electron chi connectivity index (χ0n) is 9.42. The largest absolute Gasteiger partial charge is 0.379 e. The average molecular weight is 201 g/mol. The predicted molar refractivity (Wildman–Crippen MR) is 57.5 cm³/mol. The van der Waals surface area contributed by atoms with Crippen molar-refractivity contribution in [2.24, 2.45) is 0 Å². The highest BCUT2D eigenvalue weighted by atomic mass is 16.5. The summed E-state index contributed by atoms with van der Waals surface area (Å²) in [5.41, 5.74) is 0. The Balaban J connectivity index is 1.93. The lowest BCUT2D eigenvalue weighted by Gasteiger charge is -2.16. The van der Waals surface area contributed by atoms with Crippen LogP contribution in [0.5, 0.6) is 0 Å². The fourth-order valence-corrected chi connectivity index (χ4v) is 1.32. The van der Waals surface area contributed by atoms with Crippen LogP contribution in [-0.4, -0.2) is 38.5 Å². The molecule has 1 atom stereocenters. The van der Waals surface area contributed by atoms with Crippen molar-refractivity contribution in [3.05, 3.63) is 0 Å². The molecule has 3 heteroatoms. The van der Waals surface area contributed by atoms with E-state index in [1.54, 1.807) is 0 Å². The molecule has 14 heavy (non-hydrogen) atoms. The Morgan fingerprint density at radius 2 is 2.07 bits per heavy atom. The Bertz CT molecular complexity index is 137. The van der Waals surface area contributed by atoms with Crippen LogP contribution in [-0.2, 0) is 9.47 Å². The van der Waals surface area contributed by atoms with Crippen LogP contribution in [0, 0.1) is 0 Å². The van der Waals surface area contributed by atoms with Gasteiger partial charge < -0.3 is 14.8 Å². The summed E-state index contributed by atoms with van der Waals surface area (Å²) >= 11 is 0. The maximum Gasteiger partial charge on any atom is 0.0704 e. The zero-order valence-corrected chi connectivity index (χ0v) is 9.42. The molecule has 0 spiro atoms. The molecule has 1 N–H and O–H groups in total. The summed E-state index contributed by atoms with van der Waals surface area (Å²) < 4.78 is 10.9. The number of nitrogens with one attached hydrogen (secondary N) is 1. The summed E-state index contributed by atoms with van der Waals surface area (Å²) in [6, 6.07) is 0.777. The van der Waals surface area contributed by atoms with Crippen LogP contribution >= 0.6 is 0 Å². The summed E-state index contributed by atoms with van der Waals surface area (Å²) in [6.07, 6.45) is 4.12. The highest BCUT2D eigenvalue weighted by Gasteiger charge is 2.21. The molecule has 0 aromatic rings. The summed E-state index contributed by atoms with van der Waals surface area (Å²) in [5, 5.41) is 3.48. The highest BCUT2D eigenvalue weighted by Crippen LogP contribution is 2.18. The fraction of sp³-hybridized carbons (Fsp3) is 1.00. The molecule has 1 unspecified atom stereocenters. The highest BCUT2D eigenvalue weighted by molar-refractivity contribution is 4.81. The van der Waals surface area contributed by atoms with Gasteiger partial charge in [0.1, 0.15) is 0 Å². The Hall–Kier alpha value is -0.120. The minimum Gasteiger partial charge on any atom is -0.379 e. The van der Waals surface area contributed by atoms with Crippen molar-refractivity contribution in [3.63, 3.8) is 0 Å². The number of rotatable bonds is 9. The SMILES string of the molecule is CCOCCOC(CC)CNC1CC1. The molecular weight excluding hydrogens is 178 g/mol. The number of hydrogen-bond acceptors (Lipinski definition) is 3. The van der Waals surface area contributed by atoms with E-state index in [1.807, 2.05) is 6.92 Å². The summed E-state index contributed by atoms with van der Waals surface area (Å²) in [5.74, 6) is 0. The summed E-state index contributed by atoms with van der Waals surface area (Å²) in [6.45, 7) is 7.38. The van der Waals surface area contributed by atoms with Gasteiger partial charge in [0.05, 0.1) is 19.3 Å². The third-order valence-electron chi connectivity index (χ3n) is 2.45. The predicted octanol–water partition coefficient (Wildman–Crippen LogP) is 1.57. The molecule has 1 rings (SSSR count). The lowest BCUT2D eigenvalue weighted by molar-refractivity contribution is 0.00639. The van der Waals surface area contributed by atoms with Crippen molar-refractivity contribution in [2.75, 3.05) is 26.4 Å². The molecule has 1 saturated carbocycles. The van der Waals surface area contributed by atoms with E-state index < -0.39 is 0 Å². The van der Waals surface area contributed by atoms with Gasteiger partial charge in [0.15, 0.2) is 0 Å². The van der Waals surface area contributed by atoms with E-state index in [1.165, 1.54) is 12.8 Å². The van der Waals surface area contributed by atoms with Crippen LogP contribution in [0.4, 0.5) is 0 Å². The summed E-state index contributed by atoms with van der Waals surface area (Å²) in [7, 11) is 0. The second-order valence-electron chi connectivity index (χ2n) is 3.78. The van der Waals surface area contributed by atoms with Gasteiger partial charge in [-0.15, -0.1) is 0 Å². The monoisotopic (exact) mass is 201 g/mol. The quantitative estimate of drug-likeness (QED) is 0.574. The molecule has 1 aliphatic carbocycles. The Morgan fingerprint density at radius 3 is 2.64 bits per heavy atom. The topological polar surface area (TPSA) is 30.5 Å². The zero-order chi connectivity index (χ0) is 10.2. The molecule has 3 nitrogen and oxygen atoms in total. The van der Waals surface area contributed by atoms with Gasteiger partial charge in [0.2, 0.25) is 0 Å². The molecule has 0 aromatic heterocycles. The molecule has 0 amide bonds. The van der Waals surface area contributed by atoms with Crippen molar-refractivity contribution in [1.29, 1.82) is 0 Å². The first-order valence-corrected chi connectivity index (χ1v) is 5.79. The lowest BCUT2D eigenvalue weighted by Crippen LogP contribution is -2.31. The number of hydrogen-bond donors (Lipinski definition) is 1. The van der Waals surface area contributed by atoms with Crippen LogP contribution in [0.25, 0.3) is 0 Å². The molecule has 0 bridgehead atoms. The molecule has 1 fully saturated rings. The molecule has 0 radical (unpaired) electrons. The number of ether oxygens (including phenoxy) is 2. The molecule has 1 aliphatic rings. The Morgan fingerprint density at radius 1 is 1.29 bits per heavy atom. The minimum atomic E-state index is 0.357. The first-order chi connectivity index (χ1) is 6.86. The minimum absolute atomic E-state index is 0.357. The van der Waals surface area contributed by atoms with Crippen molar-refractivity contribution in [3.8, 4) is 0 Å². The van der Waals surface area contributed by atoms with E-state index in [2.05, 4.69) is 12.2 Å². The molecule has 84 valence electrons. The molecule has 0 heterocycles. The van der Waals surface area contributed by atoms with Gasteiger partial charge in [-0.2, -0.15) is 0 Å². The van der Waals surface area contributed by atoms with E-state index in [4.69, 9.17) is 9.47 Å². The van der Waals surface area contributed by atoms with Gasteiger partial charge in [-0.25, -0.2) is 0 Å². The maximum atomic E-state index is 5.68. The van der Waals surface area contributed by atoms with Crippen molar-refractivity contribution in [1.82, 2.24) is 5.32 Å². The first-order valence-electron chi connectivity index (χ1n) is 5.79. The van der Waals surface area contributed by atoms with Crippen LogP contribution < -0.4 is 5.32 Å². The Labute approximate surface area is 87.2 Å². The van der Waals surface area contributed by atoms with Crippen LogP contribution in [0.15, 0.2) is 0 Å². The fourth-order valence-electron chi connectivity index (χ4n) is 1.32. The van der Waals surface area contributed by atoms with Crippen LogP contribution in [0.2, 0.25) is 0 Å². The second kappa shape index (κ2) is 7.21. The molecule has 0 saturated heterocycles. The summed E-state index contributed by atoms with van der Waals surface area (Å²) in [4.78, 5) is 0. The second-order valence-corrected chi connectivity index (χ2v) is 3.78. The van der Waals surface area contributed by atoms with Crippen molar-refractivity contribution >= 4 is 0 Å². The molecule has 0 aromatic carbocycles. The van der Waals surface area contributed by atoms with Crippen LogP contribution in [0.3, 0.4) is 0 Å². The smallest absolute Gasteiger partial charge is 0.0704 e. The van der Waals surface area contributed by atoms with Crippen LogP contribution in [0.1, 0.15) is 33.1 Å². The standard InChI is InChI=1S/C11H23NO2/c1-3-11(9-12-10-5-6-10)14-8-7-13-4-2/h10-12H,3-9H2,1-2H3. The van der Waals surface area contributed by atoms with Gasteiger partial charge in [-0.05, 0) is 26.2 Å². The normalized spacial score (nSPS) is 18.4. The van der Waals surface area contributed by atoms with E-state index in [9.17, 15) is 0 Å². The van der Waals surface area contributed by atoms with Gasteiger partial charge >= 0.3 is 0 Å². The first kappa shape index (κ1) is 12.0. The Kier molecular flexibility index (Phi) is 6.15. The van der Waals surface area contributed by atoms with E-state index in [-0.39, 0.29) is 0 Å². The van der Waals surface area contributed by atoms with Gasteiger partial charge in [-0.3, -0.25) is 0 Å². The van der Waals surface area contributed by atoms with E-state index >= 15 is 0 Å². The molecule has 0 aliphatic heterocycles. The third-order valence-corrected chi connectivity index (χ3v) is 2.45. The van der Waals surface area contributed by atoms with Crippen molar-refractivity contribution in [2.45, 2.75) is 45.3 Å². The maximum absolute atomic E-state index is 5.68. The average Bonchev–Trinajstić information content (AvgIpc) is 3.01.